The topological polar surface area (TPSA) is 117 Å². The first-order valence-corrected chi connectivity index (χ1v) is 16.1. The van der Waals surface area contributed by atoms with E-state index in [9.17, 15) is 48.3 Å². The predicted molar refractivity (Wildman–Crippen MR) is 176 cm³/mol. The summed E-state index contributed by atoms with van der Waals surface area (Å²) in [5.74, 6) is -3.15. The molecule has 2 aromatic carbocycles. The van der Waals surface area contributed by atoms with Crippen LogP contribution in [0.2, 0.25) is 5.15 Å². The van der Waals surface area contributed by atoms with Crippen molar-refractivity contribution in [2.24, 2.45) is 0 Å². The zero-order valence-electron chi connectivity index (χ0n) is 30.7. The predicted octanol–water partition coefficient (Wildman–Crippen LogP) is 6.05. The van der Waals surface area contributed by atoms with E-state index in [2.05, 4.69) is 35.1 Å². The number of alkyl halides is 7. The van der Waals surface area contributed by atoms with Gasteiger partial charge >= 0.3 is 41.9 Å². The number of hydrogen-bond acceptors (Lipinski definition) is 8. The van der Waals surface area contributed by atoms with Crippen LogP contribution in [0.3, 0.4) is 0 Å². The molecule has 6 aromatic rings. The van der Waals surface area contributed by atoms with Crippen molar-refractivity contribution in [2.45, 2.75) is 50.1 Å². The molecule has 0 amide bonds. The molecule has 0 saturated heterocycles. The molecule has 10 nitrogen and oxygen atoms in total. The second-order valence-electron chi connectivity index (χ2n) is 11.8. The Morgan fingerprint density at radius 2 is 1.16 bits per heavy atom. The zero-order chi connectivity index (χ0) is 40.9. The fourth-order valence-electron chi connectivity index (χ4n) is 5.15. The Morgan fingerprint density at radius 3 is 1.55 bits per heavy atom. The summed E-state index contributed by atoms with van der Waals surface area (Å²) in [6.45, 7) is -3.23. The maximum absolute atomic E-state index is 13.6. The summed E-state index contributed by atoms with van der Waals surface area (Å²) in [6, 6.07) is 7.58. The van der Waals surface area contributed by atoms with Crippen LogP contribution in [0.1, 0.15) is 40.6 Å². The molecule has 0 unspecified atom stereocenters. The van der Waals surface area contributed by atoms with Gasteiger partial charge < -0.3 is 20.4 Å². The monoisotopic (exact) mass is 835 g/mol. The van der Waals surface area contributed by atoms with Crippen LogP contribution in [0.5, 0.6) is 5.88 Å². The molecular formula is C33H27ClF11N8NaO2. The van der Waals surface area contributed by atoms with Crippen molar-refractivity contribution in [3.8, 4) is 28.7 Å². The molecule has 0 bridgehead atoms. The molecule has 2 aliphatic rings. The standard InChI is InChI=1S/C16H11F5N4O.C14H9ClF2N4.C2H3F3O.CH3F.Na.H/c17-10-4-12-13(5-11(10)18)25(9-1-2-9)15(23-12)8-3-14(24-22-6-8)26-7-16(19,20)21;15-13-3-7(6-18-20-13)14-19-11-4-9(16)10(17)5-12(11)21(14)8-1-2-8;3-2(4,5)1-6;1-2;;/h3-6,9H,1-2,7H2;3-6,8H,1-2H2;6H,1H2;1H3;;/q;;;;+1;-1/i;;;1D;;. The van der Waals surface area contributed by atoms with Crippen molar-refractivity contribution in [1.29, 1.82) is 0 Å². The van der Waals surface area contributed by atoms with E-state index in [1.54, 1.807) is 16.8 Å². The van der Waals surface area contributed by atoms with Crippen LogP contribution in [0.15, 0.2) is 48.8 Å². The number of halogens is 12. The third-order valence-corrected chi connectivity index (χ3v) is 7.81. The summed E-state index contributed by atoms with van der Waals surface area (Å²) in [5.41, 5.74) is 2.69. The van der Waals surface area contributed by atoms with Gasteiger partial charge in [-0.25, -0.2) is 27.5 Å². The Hall–Kier alpha value is -4.18. The number of aromatic nitrogens is 8. The summed E-state index contributed by atoms with van der Waals surface area (Å²) in [7, 11) is -1.00. The summed E-state index contributed by atoms with van der Waals surface area (Å²) in [5, 5.41) is 22.2. The van der Waals surface area contributed by atoms with Crippen LogP contribution in [-0.2, 0) is 0 Å². The van der Waals surface area contributed by atoms with Gasteiger partial charge in [-0.1, -0.05) is 11.6 Å². The number of benzene rings is 2. The number of hydrogen-bond donors (Lipinski definition) is 1. The van der Waals surface area contributed by atoms with E-state index in [4.69, 9.17) is 18.1 Å². The molecule has 4 aromatic heterocycles. The van der Waals surface area contributed by atoms with Gasteiger partial charge in [-0.15, -0.1) is 10.2 Å². The van der Waals surface area contributed by atoms with E-state index in [-0.39, 0.29) is 59.6 Å². The van der Waals surface area contributed by atoms with E-state index in [1.807, 2.05) is 4.57 Å². The maximum Gasteiger partial charge on any atom is 1.00 e. The first-order chi connectivity index (χ1) is 26.4. The molecule has 296 valence electrons. The molecule has 0 atom stereocenters. The van der Waals surface area contributed by atoms with E-state index >= 15 is 0 Å². The van der Waals surface area contributed by atoms with Crippen LogP contribution < -0.4 is 34.3 Å². The van der Waals surface area contributed by atoms with Crippen LogP contribution in [-0.4, -0.2) is 77.3 Å². The van der Waals surface area contributed by atoms with E-state index in [0.29, 0.717) is 39.3 Å². The normalized spacial score (nSPS) is 14.1. The zero-order valence-corrected chi connectivity index (χ0v) is 31.4. The van der Waals surface area contributed by atoms with Crippen LogP contribution in [0.4, 0.5) is 48.3 Å². The Morgan fingerprint density at radius 1 is 0.750 bits per heavy atom. The molecular weight excluding hydrogens is 808 g/mol. The first-order valence-electron chi connectivity index (χ1n) is 16.4. The molecule has 23 heteroatoms. The minimum absolute atomic E-state index is 0. The summed E-state index contributed by atoms with van der Waals surface area (Å²) in [4.78, 5) is 8.72. The SMILES string of the molecule is Fc1cc2nc(-c3cnnc(Cl)c3)n(C3CC3)c2cc1F.Fc1cc2nc(-c3cnnc(OCC(F)(F)F)c3)n(C3CC3)c2cc1F.OCC(F)(F)F.[2H]CF.[H-].[Na+]. The van der Waals surface area contributed by atoms with Gasteiger partial charge in [0.05, 0.1) is 43.0 Å². The van der Waals surface area contributed by atoms with Gasteiger partial charge in [-0.3, -0.25) is 4.39 Å². The Bertz CT molecular complexity index is 2310. The van der Waals surface area contributed by atoms with Gasteiger partial charge in [-0.2, -0.15) is 36.5 Å². The summed E-state index contributed by atoms with van der Waals surface area (Å²) in [6.07, 6.45) is -2.39. The van der Waals surface area contributed by atoms with Gasteiger partial charge in [0.15, 0.2) is 35.0 Å². The van der Waals surface area contributed by atoms with Gasteiger partial charge in [0.2, 0.25) is 5.88 Å². The summed E-state index contributed by atoms with van der Waals surface area (Å²) < 4.78 is 146. The average Bonchev–Trinajstić information content (AvgIpc) is 4.08. The number of aliphatic hydroxyl groups excluding tert-OH is 1. The molecule has 0 aliphatic heterocycles. The first kappa shape index (κ1) is 43.0. The van der Waals surface area contributed by atoms with Crippen molar-refractivity contribution in [3.63, 3.8) is 0 Å². The molecule has 2 aliphatic carbocycles. The minimum Gasteiger partial charge on any atom is -1.00 e. The van der Waals surface area contributed by atoms with E-state index in [1.165, 1.54) is 18.3 Å². The molecule has 1 N–H and O–H groups in total. The van der Waals surface area contributed by atoms with E-state index in [0.717, 1.165) is 43.9 Å². The molecule has 0 radical (unpaired) electrons. The number of imidazole rings is 2. The number of ether oxygens (including phenoxy) is 1. The van der Waals surface area contributed by atoms with Crippen molar-refractivity contribution in [2.75, 3.05) is 20.4 Å². The van der Waals surface area contributed by atoms with Crippen molar-refractivity contribution in [1.82, 2.24) is 39.5 Å². The van der Waals surface area contributed by atoms with Crippen LogP contribution in [0, 0.1) is 23.3 Å². The number of aliphatic hydroxyl groups is 1. The maximum atomic E-state index is 13.6. The van der Waals surface area contributed by atoms with E-state index < -0.39 is 56.0 Å². The fraction of sp³-hybridized carbons (Fsp3) is 0.333. The van der Waals surface area contributed by atoms with Gasteiger partial charge in [0, 0.05) is 53.5 Å². The fourth-order valence-corrected chi connectivity index (χ4v) is 5.31. The summed E-state index contributed by atoms with van der Waals surface area (Å²) >= 11 is 5.86. The Balaban J connectivity index is 0.000000253. The second kappa shape index (κ2) is 18.4. The van der Waals surface area contributed by atoms with Gasteiger partial charge in [0.25, 0.3) is 0 Å². The van der Waals surface area contributed by atoms with Crippen molar-refractivity contribution < 1.29 is 90.5 Å². The second-order valence-corrected chi connectivity index (χ2v) is 12.2. The van der Waals surface area contributed by atoms with Gasteiger partial charge in [-0.05, 0) is 31.7 Å². The minimum atomic E-state index is -4.51. The average molecular weight is 836 g/mol. The molecule has 2 fully saturated rings. The largest absolute Gasteiger partial charge is 1.00 e. The smallest absolute Gasteiger partial charge is 1.00 e. The molecule has 4 heterocycles. The van der Waals surface area contributed by atoms with Crippen molar-refractivity contribution >= 4 is 33.7 Å². The quantitative estimate of drug-likeness (QED) is 0.159. The van der Waals surface area contributed by atoms with Crippen molar-refractivity contribution in [3.05, 3.63) is 77.2 Å². The molecule has 0 spiro atoms. The number of nitrogens with zero attached hydrogens (tertiary/aromatic N) is 8. The number of rotatable bonds is 6. The van der Waals surface area contributed by atoms with Crippen LogP contribution in [0.25, 0.3) is 44.8 Å². The Kier molecular flexibility index (Phi) is 14.1. The number of fused-ring (bicyclic) bond motifs is 2. The molecule has 56 heavy (non-hydrogen) atoms. The molecule has 2 saturated carbocycles. The van der Waals surface area contributed by atoms with Crippen LogP contribution >= 0.6 is 11.6 Å². The third kappa shape index (κ3) is 11.2. The molecule has 8 rings (SSSR count). The Labute approximate surface area is 338 Å². The third-order valence-electron chi connectivity index (χ3n) is 7.62. The van der Waals surface area contributed by atoms with Gasteiger partial charge in [0.1, 0.15) is 18.3 Å².